The summed E-state index contributed by atoms with van der Waals surface area (Å²) >= 11 is 0. The van der Waals surface area contributed by atoms with E-state index in [1.165, 1.54) is 38.5 Å². The number of rotatable bonds is 4. The van der Waals surface area contributed by atoms with Crippen molar-refractivity contribution in [2.45, 2.75) is 77.3 Å². The topological polar surface area (TPSA) is 83.6 Å². The van der Waals surface area contributed by atoms with Gasteiger partial charge in [-0.2, -0.15) is 4.99 Å². The molecule has 2 fully saturated rings. The van der Waals surface area contributed by atoms with Crippen molar-refractivity contribution in [3.63, 3.8) is 0 Å². The maximum atomic E-state index is 12.9. The lowest BCUT2D eigenvalue weighted by Crippen LogP contribution is -2.46. The highest BCUT2D eigenvalue weighted by molar-refractivity contribution is 6.07. The van der Waals surface area contributed by atoms with E-state index in [2.05, 4.69) is 27.3 Å². The molecule has 2 heterocycles. The molecular weight excluding hydrogens is 386 g/mol. The third-order valence-corrected chi connectivity index (χ3v) is 6.58. The number of benzene rings is 1. The van der Waals surface area contributed by atoms with Gasteiger partial charge in [-0.15, -0.1) is 0 Å². The van der Waals surface area contributed by atoms with Crippen LogP contribution in [0.4, 0.5) is 5.82 Å². The van der Waals surface area contributed by atoms with Crippen molar-refractivity contribution < 1.29 is 4.79 Å². The van der Waals surface area contributed by atoms with Crippen molar-refractivity contribution >= 4 is 28.5 Å². The number of carbonyl (C=O) groups is 1. The van der Waals surface area contributed by atoms with E-state index in [4.69, 9.17) is 10.7 Å². The third-order valence-electron chi connectivity index (χ3n) is 6.58. The van der Waals surface area contributed by atoms with Gasteiger partial charge in [-0.1, -0.05) is 37.3 Å². The highest BCUT2D eigenvalue weighted by Gasteiger charge is 2.26. The van der Waals surface area contributed by atoms with Crippen LogP contribution >= 0.6 is 0 Å². The molecule has 2 aromatic rings. The van der Waals surface area contributed by atoms with Crippen LogP contribution in [0.25, 0.3) is 10.9 Å². The Labute approximate surface area is 185 Å². The first kappa shape index (κ1) is 21.8. The highest BCUT2D eigenvalue weighted by Crippen LogP contribution is 2.28. The van der Waals surface area contributed by atoms with E-state index in [0.29, 0.717) is 17.6 Å². The predicted octanol–water partition coefficient (Wildman–Crippen LogP) is 4.34. The number of amides is 1. The fraction of sp³-hybridized carbons (Fsp3) is 0.560. The first-order chi connectivity index (χ1) is 15.0. The predicted molar refractivity (Wildman–Crippen MR) is 128 cm³/mol. The van der Waals surface area contributed by atoms with Gasteiger partial charge in [-0.05, 0) is 57.7 Å². The number of nitrogens with one attached hydrogen (secondary N) is 1. The van der Waals surface area contributed by atoms with Gasteiger partial charge in [-0.3, -0.25) is 4.79 Å². The minimum atomic E-state index is -0.315. The number of aromatic nitrogens is 1. The van der Waals surface area contributed by atoms with E-state index in [1.54, 1.807) is 6.92 Å². The summed E-state index contributed by atoms with van der Waals surface area (Å²) in [4.78, 5) is 24.0. The number of fused-ring (bicyclic) bond motifs is 1. The number of aryl methyl sites for hydroxylation is 1. The number of hydrogen-bond acceptors (Lipinski definition) is 4. The molecule has 6 nitrogen and oxygen atoms in total. The van der Waals surface area contributed by atoms with Gasteiger partial charge in [0, 0.05) is 30.6 Å². The molecule has 2 aliphatic rings. The molecule has 1 aliphatic carbocycles. The lowest BCUT2D eigenvalue weighted by Gasteiger charge is -2.35. The van der Waals surface area contributed by atoms with Gasteiger partial charge in [0.2, 0.25) is 0 Å². The molecule has 4 rings (SSSR count). The molecule has 1 aromatic heterocycles. The highest BCUT2D eigenvalue weighted by atomic mass is 16.1. The summed E-state index contributed by atoms with van der Waals surface area (Å²) in [6.45, 7) is 5.46. The van der Waals surface area contributed by atoms with Gasteiger partial charge < -0.3 is 16.0 Å². The van der Waals surface area contributed by atoms with Crippen molar-refractivity contribution in [2.75, 3.05) is 18.0 Å². The van der Waals surface area contributed by atoms with Crippen LogP contribution in [0.15, 0.2) is 29.3 Å². The second-order valence-corrected chi connectivity index (χ2v) is 9.23. The molecule has 0 spiro atoms. The molecule has 31 heavy (non-hydrogen) atoms. The summed E-state index contributed by atoms with van der Waals surface area (Å²) in [5.41, 5.74) is 8.29. The number of carbonyl (C=O) groups excluding carboxylic acids is 1. The minimum Gasteiger partial charge on any atom is -0.387 e. The van der Waals surface area contributed by atoms with Gasteiger partial charge >= 0.3 is 0 Å². The van der Waals surface area contributed by atoms with E-state index in [1.807, 2.05) is 19.1 Å². The zero-order valence-corrected chi connectivity index (χ0v) is 18.9. The molecular formula is C25H35N5O. The Morgan fingerprint density at radius 2 is 1.74 bits per heavy atom. The van der Waals surface area contributed by atoms with Crippen LogP contribution in [0.2, 0.25) is 0 Å². The smallest absolute Gasteiger partial charge is 0.282 e. The van der Waals surface area contributed by atoms with Crippen molar-refractivity contribution in [3.8, 4) is 0 Å². The second-order valence-electron chi connectivity index (χ2n) is 9.23. The average Bonchev–Trinajstić information content (AvgIpc) is 3.01. The lowest BCUT2D eigenvalue weighted by molar-refractivity contribution is 0.100. The summed E-state index contributed by atoms with van der Waals surface area (Å²) < 4.78 is 0. The Kier molecular flexibility index (Phi) is 6.86. The lowest BCUT2D eigenvalue weighted by atomic mass is 10.0. The van der Waals surface area contributed by atoms with E-state index in [9.17, 15) is 4.79 Å². The molecule has 166 valence electrons. The number of piperidine rings is 1. The monoisotopic (exact) mass is 421 g/mol. The summed E-state index contributed by atoms with van der Waals surface area (Å²) in [5.74, 6) is 0.690. The van der Waals surface area contributed by atoms with Crippen molar-refractivity contribution in [1.29, 1.82) is 0 Å². The van der Waals surface area contributed by atoms with E-state index in [-0.39, 0.29) is 11.7 Å². The Morgan fingerprint density at radius 1 is 1.06 bits per heavy atom. The molecule has 0 radical (unpaired) electrons. The van der Waals surface area contributed by atoms with Crippen LogP contribution in [0, 0.1) is 6.92 Å². The SMILES string of the molecule is CC(N)=NC(=O)c1cc2cc(C)ccc2nc1N1CCC(NC2CCCCCC2)CC1. The van der Waals surface area contributed by atoms with E-state index >= 15 is 0 Å². The number of amidine groups is 1. The van der Waals surface area contributed by atoms with E-state index in [0.717, 1.165) is 48.2 Å². The van der Waals surface area contributed by atoms with Gasteiger partial charge in [0.15, 0.2) is 0 Å². The van der Waals surface area contributed by atoms with Gasteiger partial charge in [-0.25, -0.2) is 4.98 Å². The van der Waals surface area contributed by atoms with Crippen LogP contribution in [0.5, 0.6) is 0 Å². The Hall–Kier alpha value is -2.47. The van der Waals surface area contributed by atoms with Gasteiger partial charge in [0.25, 0.3) is 5.91 Å². The zero-order valence-electron chi connectivity index (χ0n) is 18.9. The molecule has 0 atom stereocenters. The zero-order chi connectivity index (χ0) is 21.8. The Bertz CT molecular complexity index is 950. The molecule has 1 saturated heterocycles. The Balaban J connectivity index is 1.53. The van der Waals surface area contributed by atoms with Crippen molar-refractivity contribution in [3.05, 3.63) is 35.4 Å². The van der Waals surface area contributed by atoms with Crippen LogP contribution in [0.3, 0.4) is 0 Å². The molecule has 1 aromatic carbocycles. The van der Waals surface area contributed by atoms with Crippen LogP contribution in [-0.2, 0) is 0 Å². The number of aliphatic imine (C=N–C) groups is 1. The first-order valence-electron chi connectivity index (χ1n) is 11.8. The van der Waals surface area contributed by atoms with E-state index < -0.39 is 0 Å². The molecule has 0 unspecified atom stereocenters. The number of hydrogen-bond donors (Lipinski definition) is 2. The quantitative estimate of drug-likeness (QED) is 0.436. The molecule has 1 aliphatic heterocycles. The number of pyridine rings is 1. The average molecular weight is 422 g/mol. The minimum absolute atomic E-state index is 0.270. The molecule has 1 amide bonds. The van der Waals surface area contributed by atoms with Crippen LogP contribution in [-0.4, -0.2) is 41.9 Å². The number of anilines is 1. The number of nitrogens with zero attached hydrogens (tertiary/aromatic N) is 3. The fourth-order valence-corrected chi connectivity index (χ4v) is 4.94. The van der Waals surface area contributed by atoms with Crippen LogP contribution in [0.1, 0.15) is 74.2 Å². The molecule has 6 heteroatoms. The normalized spacial score (nSPS) is 19.5. The van der Waals surface area contributed by atoms with Gasteiger partial charge in [0.1, 0.15) is 11.7 Å². The summed E-state index contributed by atoms with van der Waals surface area (Å²) in [7, 11) is 0. The summed E-state index contributed by atoms with van der Waals surface area (Å²) in [5, 5.41) is 4.88. The van der Waals surface area contributed by atoms with Crippen LogP contribution < -0.4 is 16.0 Å². The molecule has 0 bridgehead atoms. The van der Waals surface area contributed by atoms with Crippen molar-refractivity contribution in [1.82, 2.24) is 10.3 Å². The number of nitrogens with two attached hydrogens (primary N) is 1. The molecule has 1 saturated carbocycles. The summed E-state index contributed by atoms with van der Waals surface area (Å²) in [6.07, 6.45) is 10.2. The third kappa shape index (κ3) is 5.42. The van der Waals surface area contributed by atoms with Gasteiger partial charge in [0.05, 0.1) is 11.1 Å². The maximum absolute atomic E-state index is 12.9. The first-order valence-corrected chi connectivity index (χ1v) is 11.8. The largest absolute Gasteiger partial charge is 0.387 e. The summed E-state index contributed by atoms with van der Waals surface area (Å²) in [6, 6.07) is 9.29. The second kappa shape index (κ2) is 9.77. The molecule has 3 N–H and O–H groups in total. The fourth-order valence-electron chi connectivity index (χ4n) is 4.94. The maximum Gasteiger partial charge on any atom is 0.282 e. The Morgan fingerprint density at radius 3 is 2.42 bits per heavy atom. The van der Waals surface area contributed by atoms with Crippen molar-refractivity contribution in [2.24, 2.45) is 10.7 Å². The standard InChI is InChI=1S/C25H35N5O/c1-17-9-10-23-19(15-17)16-22(25(31)27-18(2)26)24(29-23)30-13-11-21(12-14-30)28-20-7-5-3-4-6-8-20/h9-10,15-16,20-21,28H,3-8,11-14H2,1-2H3,(H2,26,27,31).